The lowest BCUT2D eigenvalue weighted by Crippen LogP contribution is -2.71. The van der Waals surface area contributed by atoms with E-state index in [0.29, 0.717) is 16.6 Å². The largest absolute Gasteiger partial charge is 0.430 e. The first-order chi connectivity index (χ1) is 18.3. The highest BCUT2D eigenvalue weighted by molar-refractivity contribution is 6.34. The van der Waals surface area contributed by atoms with E-state index in [4.69, 9.17) is 11.6 Å². The lowest BCUT2D eigenvalue weighted by Gasteiger charge is -2.62. The Kier molecular flexibility index (Phi) is 7.06. The van der Waals surface area contributed by atoms with Crippen molar-refractivity contribution in [3.63, 3.8) is 0 Å². The summed E-state index contributed by atoms with van der Waals surface area (Å²) in [6.45, 7) is 2.03. The van der Waals surface area contributed by atoms with Crippen molar-refractivity contribution in [2.24, 2.45) is 5.41 Å². The molecule has 1 saturated carbocycles. The summed E-state index contributed by atoms with van der Waals surface area (Å²) in [6.07, 6.45) is -0.527. The molecule has 0 aromatic heterocycles. The van der Waals surface area contributed by atoms with Gasteiger partial charge in [0.2, 0.25) is 0 Å². The van der Waals surface area contributed by atoms with Gasteiger partial charge in [-0.05, 0) is 42.5 Å². The van der Waals surface area contributed by atoms with Gasteiger partial charge in [0, 0.05) is 57.3 Å². The number of alkyl halides is 3. The molecule has 1 spiro atoms. The average Bonchev–Trinajstić information content (AvgIpc) is 2.86. The zero-order valence-electron chi connectivity index (χ0n) is 21.8. The van der Waals surface area contributed by atoms with E-state index in [0.717, 1.165) is 54.9 Å². The van der Waals surface area contributed by atoms with Crippen LogP contribution in [0.1, 0.15) is 40.7 Å². The van der Waals surface area contributed by atoms with Crippen LogP contribution in [0.25, 0.3) is 5.57 Å². The topological polar surface area (TPSA) is 64.1 Å². The molecule has 2 aromatic rings. The van der Waals surface area contributed by atoms with E-state index in [1.54, 1.807) is 20.2 Å². The minimum Gasteiger partial charge on any atom is -0.369 e. The highest BCUT2D eigenvalue weighted by atomic mass is 35.5. The van der Waals surface area contributed by atoms with Crippen LogP contribution in [0.4, 0.5) is 13.2 Å². The molecule has 2 aliphatic heterocycles. The van der Waals surface area contributed by atoms with Crippen molar-refractivity contribution < 1.29 is 27.9 Å². The number of halogens is 4. The Balaban J connectivity index is 1.17. The summed E-state index contributed by atoms with van der Waals surface area (Å²) in [4.78, 5) is 30.1. The Morgan fingerprint density at radius 1 is 1.08 bits per heavy atom. The van der Waals surface area contributed by atoms with E-state index in [2.05, 4.69) is 11.0 Å². The predicted octanol–water partition coefficient (Wildman–Crippen LogP) is 4.57. The number of benzene rings is 2. The SMILES string of the molecule is CN(C)C(=O)c1ccc(C2=CCN(C3CC4(C3)CN(C(=O)[C@@](O)(c3ccccc3)C(F)(F)F)C4)CC2)cc1Cl. The third-order valence-electron chi connectivity index (χ3n) is 8.32. The van der Waals surface area contributed by atoms with Crippen molar-refractivity contribution in [1.29, 1.82) is 0 Å². The van der Waals surface area contributed by atoms with Crippen molar-refractivity contribution in [3.8, 4) is 0 Å². The van der Waals surface area contributed by atoms with Gasteiger partial charge in [0.15, 0.2) is 0 Å². The van der Waals surface area contributed by atoms with Gasteiger partial charge in [0.1, 0.15) is 0 Å². The fourth-order valence-corrected chi connectivity index (χ4v) is 6.35. The number of carbonyl (C=O) groups is 2. The summed E-state index contributed by atoms with van der Waals surface area (Å²) in [6, 6.07) is 12.4. The summed E-state index contributed by atoms with van der Waals surface area (Å²) in [5.41, 5.74) is -1.58. The van der Waals surface area contributed by atoms with Gasteiger partial charge in [0.05, 0.1) is 10.6 Å². The van der Waals surface area contributed by atoms with Crippen LogP contribution < -0.4 is 0 Å². The molecule has 0 bridgehead atoms. The Morgan fingerprint density at radius 3 is 2.28 bits per heavy atom. The Bertz CT molecular complexity index is 1300. The molecule has 2 amide bonds. The average molecular weight is 562 g/mol. The van der Waals surface area contributed by atoms with Crippen LogP contribution in [0.5, 0.6) is 0 Å². The van der Waals surface area contributed by atoms with Gasteiger partial charge in [-0.3, -0.25) is 14.5 Å². The molecule has 1 atom stereocenters. The monoisotopic (exact) mass is 561 g/mol. The number of carbonyl (C=O) groups excluding carboxylic acids is 2. The standard InChI is InChI=1S/C29H31ClF3N3O3/c1-34(2)25(37)23-9-8-20(14-24(23)30)19-10-12-35(13-11-19)22-15-27(16-22)17-36(18-27)26(38)28(39,29(31,32)33)21-6-4-3-5-7-21/h3-10,14,22,39H,11-13,15-18H2,1-2H3/t28-/m0/s1. The number of amides is 2. The highest BCUT2D eigenvalue weighted by Gasteiger charge is 2.65. The van der Waals surface area contributed by atoms with Crippen LogP contribution in [0.15, 0.2) is 54.6 Å². The molecule has 10 heteroatoms. The minimum absolute atomic E-state index is 0.145. The molecule has 2 fully saturated rings. The van der Waals surface area contributed by atoms with Crippen LogP contribution in [-0.2, 0) is 10.4 Å². The second-order valence-corrected chi connectivity index (χ2v) is 11.6. The molecule has 2 aromatic carbocycles. The van der Waals surface area contributed by atoms with Gasteiger partial charge in [-0.25, -0.2) is 0 Å². The minimum atomic E-state index is -5.12. The van der Waals surface area contributed by atoms with E-state index in [-0.39, 0.29) is 24.4 Å². The van der Waals surface area contributed by atoms with Crippen LogP contribution in [-0.4, -0.2) is 84.1 Å². The van der Waals surface area contributed by atoms with Crippen molar-refractivity contribution in [2.45, 2.75) is 37.1 Å². The van der Waals surface area contributed by atoms with Crippen molar-refractivity contribution in [3.05, 3.63) is 76.3 Å². The van der Waals surface area contributed by atoms with Crippen molar-refractivity contribution in [1.82, 2.24) is 14.7 Å². The number of aliphatic hydroxyl groups is 1. The molecule has 39 heavy (non-hydrogen) atoms. The Hall–Kier alpha value is -2.88. The normalized spacial score (nSPS) is 21.0. The molecular formula is C29H31ClF3N3O3. The molecule has 208 valence electrons. The molecular weight excluding hydrogens is 531 g/mol. The van der Waals surface area contributed by atoms with Crippen LogP contribution >= 0.6 is 11.6 Å². The lowest BCUT2D eigenvalue weighted by atomic mass is 9.59. The van der Waals surface area contributed by atoms with Crippen molar-refractivity contribution >= 4 is 29.0 Å². The number of hydrogen-bond acceptors (Lipinski definition) is 4. The first-order valence-electron chi connectivity index (χ1n) is 12.9. The van der Waals surface area contributed by atoms with Crippen molar-refractivity contribution in [2.75, 3.05) is 40.3 Å². The van der Waals surface area contributed by atoms with Gasteiger partial charge in [-0.2, -0.15) is 13.2 Å². The first-order valence-corrected chi connectivity index (χ1v) is 13.3. The maximum Gasteiger partial charge on any atom is 0.430 e. The zero-order chi connectivity index (χ0) is 28.2. The Labute approximate surface area is 230 Å². The smallest absolute Gasteiger partial charge is 0.369 e. The predicted molar refractivity (Wildman–Crippen MR) is 142 cm³/mol. The Morgan fingerprint density at radius 2 is 1.74 bits per heavy atom. The molecule has 1 aliphatic carbocycles. The van der Waals surface area contributed by atoms with E-state index in [9.17, 15) is 27.9 Å². The molecule has 0 unspecified atom stereocenters. The number of hydrogen-bond donors (Lipinski definition) is 1. The summed E-state index contributed by atoms with van der Waals surface area (Å²) < 4.78 is 41.7. The maximum absolute atomic E-state index is 13.9. The second-order valence-electron chi connectivity index (χ2n) is 11.2. The third kappa shape index (κ3) is 4.85. The molecule has 1 N–H and O–H groups in total. The van der Waals surface area contributed by atoms with Gasteiger partial charge >= 0.3 is 6.18 Å². The molecule has 1 saturated heterocycles. The maximum atomic E-state index is 13.9. The van der Waals surface area contributed by atoms with Gasteiger partial charge in [-0.1, -0.05) is 54.1 Å². The zero-order valence-corrected chi connectivity index (χ0v) is 22.6. The van der Waals surface area contributed by atoms with Crippen LogP contribution in [0, 0.1) is 5.41 Å². The summed E-state index contributed by atoms with van der Waals surface area (Å²) in [7, 11) is 3.36. The van der Waals surface area contributed by atoms with E-state index in [1.165, 1.54) is 28.7 Å². The van der Waals surface area contributed by atoms with E-state index >= 15 is 0 Å². The fourth-order valence-electron chi connectivity index (χ4n) is 6.09. The quantitative estimate of drug-likeness (QED) is 0.581. The molecule has 2 heterocycles. The highest BCUT2D eigenvalue weighted by Crippen LogP contribution is 2.52. The second kappa shape index (κ2) is 9.94. The van der Waals surface area contributed by atoms with Crippen LogP contribution in [0.2, 0.25) is 5.02 Å². The molecule has 5 rings (SSSR count). The molecule has 6 nitrogen and oxygen atoms in total. The van der Waals surface area contributed by atoms with E-state index < -0.39 is 23.2 Å². The van der Waals surface area contributed by atoms with Gasteiger partial charge in [0.25, 0.3) is 17.4 Å². The van der Waals surface area contributed by atoms with Gasteiger partial charge < -0.3 is 14.9 Å². The number of nitrogens with zero attached hydrogens (tertiary/aromatic N) is 3. The number of likely N-dealkylation sites (tertiary alicyclic amines) is 1. The summed E-state index contributed by atoms with van der Waals surface area (Å²) in [5.74, 6) is -1.45. The summed E-state index contributed by atoms with van der Waals surface area (Å²) >= 11 is 6.38. The van der Waals surface area contributed by atoms with E-state index in [1.807, 2.05) is 12.1 Å². The van der Waals surface area contributed by atoms with Gasteiger partial charge in [-0.15, -0.1) is 0 Å². The molecule has 0 radical (unpaired) electrons. The summed E-state index contributed by atoms with van der Waals surface area (Å²) in [5, 5.41) is 11.0. The third-order valence-corrected chi connectivity index (χ3v) is 8.63. The lowest BCUT2D eigenvalue weighted by molar-refractivity contribution is -0.267. The van der Waals surface area contributed by atoms with Crippen LogP contribution in [0.3, 0.4) is 0 Å². The number of rotatable bonds is 5. The molecule has 3 aliphatic rings. The fraction of sp³-hybridized carbons (Fsp3) is 0.448. The first kappa shape index (κ1) is 27.7.